The molecule has 1 amide bonds. The van der Waals surface area contributed by atoms with Crippen molar-refractivity contribution in [2.45, 2.75) is 20.5 Å². The Bertz CT molecular complexity index is 1200. The van der Waals surface area contributed by atoms with Gasteiger partial charge in [0.05, 0.1) is 5.69 Å². The van der Waals surface area contributed by atoms with Crippen LogP contribution in [0.1, 0.15) is 27.2 Å². The van der Waals surface area contributed by atoms with Crippen LogP contribution in [0.15, 0.2) is 67.0 Å². The van der Waals surface area contributed by atoms with Gasteiger partial charge in [0, 0.05) is 23.6 Å². The van der Waals surface area contributed by atoms with Crippen LogP contribution in [0.4, 0.5) is 10.1 Å². The summed E-state index contributed by atoms with van der Waals surface area (Å²) in [7, 11) is 0. The Kier molecular flexibility index (Phi) is 4.99. The predicted molar refractivity (Wildman–Crippen MR) is 110 cm³/mol. The third-order valence-corrected chi connectivity index (χ3v) is 4.66. The molecule has 29 heavy (non-hydrogen) atoms. The summed E-state index contributed by atoms with van der Waals surface area (Å²) >= 11 is 0. The van der Waals surface area contributed by atoms with Gasteiger partial charge in [-0.15, -0.1) is 0 Å². The molecule has 0 unspecified atom stereocenters. The minimum atomic E-state index is -0.398. The molecule has 4 aromatic rings. The first-order chi connectivity index (χ1) is 14.0. The van der Waals surface area contributed by atoms with Crippen molar-refractivity contribution in [3.8, 4) is 5.75 Å². The first-order valence-corrected chi connectivity index (χ1v) is 9.23. The summed E-state index contributed by atoms with van der Waals surface area (Å²) in [6.45, 7) is 4.11. The van der Waals surface area contributed by atoms with Crippen LogP contribution < -0.4 is 10.1 Å². The van der Waals surface area contributed by atoms with E-state index in [0.717, 1.165) is 22.5 Å². The predicted octanol–water partition coefficient (Wildman–Crippen LogP) is 4.92. The Balaban J connectivity index is 1.47. The summed E-state index contributed by atoms with van der Waals surface area (Å²) in [6.07, 6.45) is 3.86. The number of halogens is 1. The summed E-state index contributed by atoms with van der Waals surface area (Å²) in [5, 5.41) is 2.74. The standard InChI is InChI=1S/C23H20FN3O2/c1-15-8-9-18(24)12-21(15)26-23(28)17-6-3-7-20(11-17)29-14-19-13-27-10-4-5-16(2)22(27)25-19/h3-13H,14H2,1-2H3,(H,26,28). The SMILES string of the molecule is Cc1ccc(F)cc1NC(=O)c1cccc(OCc2cn3cccc(C)c3n2)c1. The Labute approximate surface area is 167 Å². The number of aryl methyl sites for hydroxylation is 2. The number of ether oxygens (including phenoxy) is 1. The molecule has 2 aromatic heterocycles. The number of hydrogen-bond donors (Lipinski definition) is 1. The molecule has 0 bridgehead atoms. The molecule has 1 N–H and O–H groups in total. The van der Waals surface area contributed by atoms with Gasteiger partial charge in [0.25, 0.3) is 5.91 Å². The number of nitrogens with one attached hydrogen (secondary N) is 1. The van der Waals surface area contributed by atoms with Gasteiger partial charge in [-0.3, -0.25) is 4.79 Å². The van der Waals surface area contributed by atoms with Crippen LogP contribution in [0, 0.1) is 19.7 Å². The third-order valence-electron chi connectivity index (χ3n) is 4.66. The molecule has 5 nitrogen and oxygen atoms in total. The zero-order chi connectivity index (χ0) is 20.4. The highest BCUT2D eigenvalue weighted by atomic mass is 19.1. The van der Waals surface area contributed by atoms with E-state index in [1.54, 1.807) is 30.3 Å². The van der Waals surface area contributed by atoms with Crippen molar-refractivity contribution in [2.24, 2.45) is 0 Å². The van der Waals surface area contributed by atoms with Crippen molar-refractivity contribution in [3.05, 3.63) is 95.2 Å². The van der Waals surface area contributed by atoms with Gasteiger partial charge in [-0.05, 0) is 61.4 Å². The van der Waals surface area contributed by atoms with Crippen molar-refractivity contribution < 1.29 is 13.9 Å². The number of carbonyl (C=O) groups excluding carboxylic acids is 1. The van der Waals surface area contributed by atoms with Gasteiger partial charge in [-0.1, -0.05) is 18.2 Å². The van der Waals surface area contributed by atoms with Gasteiger partial charge in [-0.25, -0.2) is 9.37 Å². The quantitative estimate of drug-likeness (QED) is 0.527. The normalized spacial score (nSPS) is 10.9. The fourth-order valence-electron chi connectivity index (χ4n) is 3.08. The van der Waals surface area contributed by atoms with Crippen molar-refractivity contribution in [3.63, 3.8) is 0 Å². The van der Waals surface area contributed by atoms with Crippen LogP contribution in [0.25, 0.3) is 5.65 Å². The van der Waals surface area contributed by atoms with Gasteiger partial charge < -0.3 is 14.5 Å². The molecule has 6 heteroatoms. The Morgan fingerprint density at radius 3 is 2.79 bits per heavy atom. The maximum Gasteiger partial charge on any atom is 0.255 e. The molecular weight excluding hydrogens is 369 g/mol. The third kappa shape index (κ3) is 4.11. The Morgan fingerprint density at radius 2 is 1.97 bits per heavy atom. The Hall–Kier alpha value is -3.67. The van der Waals surface area contributed by atoms with Crippen LogP contribution in [0.5, 0.6) is 5.75 Å². The smallest absolute Gasteiger partial charge is 0.255 e. The minimum Gasteiger partial charge on any atom is -0.487 e. The van der Waals surface area contributed by atoms with Gasteiger partial charge in [0.15, 0.2) is 0 Å². The lowest BCUT2D eigenvalue weighted by Crippen LogP contribution is -2.13. The van der Waals surface area contributed by atoms with Crippen molar-refractivity contribution in [1.82, 2.24) is 9.38 Å². The van der Waals surface area contributed by atoms with Crippen LogP contribution >= 0.6 is 0 Å². The van der Waals surface area contributed by atoms with E-state index in [1.165, 1.54) is 12.1 Å². The van der Waals surface area contributed by atoms with E-state index in [1.807, 2.05) is 42.8 Å². The number of hydrogen-bond acceptors (Lipinski definition) is 3. The molecule has 0 spiro atoms. The molecule has 2 aromatic carbocycles. The van der Waals surface area contributed by atoms with Gasteiger partial charge in [0.2, 0.25) is 0 Å². The molecule has 0 aliphatic heterocycles. The zero-order valence-corrected chi connectivity index (χ0v) is 16.1. The summed E-state index contributed by atoms with van der Waals surface area (Å²) in [5.41, 5.74) is 4.44. The topological polar surface area (TPSA) is 55.6 Å². The molecule has 4 rings (SSSR count). The number of imidazole rings is 1. The van der Waals surface area contributed by atoms with Crippen molar-refractivity contribution in [1.29, 1.82) is 0 Å². The van der Waals surface area contributed by atoms with E-state index in [2.05, 4.69) is 10.3 Å². The largest absolute Gasteiger partial charge is 0.487 e. The van der Waals surface area contributed by atoms with Crippen molar-refractivity contribution >= 4 is 17.2 Å². The van der Waals surface area contributed by atoms with E-state index in [-0.39, 0.29) is 12.5 Å². The highest BCUT2D eigenvalue weighted by Crippen LogP contribution is 2.20. The van der Waals surface area contributed by atoms with Crippen LogP contribution in [-0.2, 0) is 6.61 Å². The van der Waals surface area contributed by atoms with E-state index in [0.29, 0.717) is 17.0 Å². The maximum atomic E-state index is 13.4. The summed E-state index contributed by atoms with van der Waals surface area (Å²) in [4.78, 5) is 17.1. The molecule has 0 fully saturated rings. The molecule has 146 valence electrons. The average Bonchev–Trinajstić information content (AvgIpc) is 3.14. The number of nitrogens with zero attached hydrogens (tertiary/aromatic N) is 2. The van der Waals surface area contributed by atoms with Gasteiger partial charge >= 0.3 is 0 Å². The lowest BCUT2D eigenvalue weighted by Gasteiger charge is -2.10. The summed E-state index contributed by atoms with van der Waals surface area (Å²) in [6, 6.07) is 15.1. The van der Waals surface area contributed by atoms with Crippen LogP contribution in [0.3, 0.4) is 0 Å². The first kappa shape index (κ1) is 18.7. The Morgan fingerprint density at radius 1 is 1.10 bits per heavy atom. The first-order valence-electron chi connectivity index (χ1n) is 9.23. The second-order valence-corrected chi connectivity index (χ2v) is 6.88. The maximum absolute atomic E-state index is 13.4. The fourth-order valence-corrected chi connectivity index (χ4v) is 3.08. The molecule has 0 aliphatic carbocycles. The van der Waals surface area contributed by atoms with Gasteiger partial charge in [-0.2, -0.15) is 0 Å². The average molecular weight is 389 g/mol. The van der Waals surface area contributed by atoms with Crippen molar-refractivity contribution in [2.75, 3.05) is 5.32 Å². The number of amides is 1. The number of anilines is 1. The molecule has 0 atom stereocenters. The molecule has 0 aliphatic rings. The zero-order valence-electron chi connectivity index (χ0n) is 16.1. The number of aromatic nitrogens is 2. The van der Waals surface area contributed by atoms with Crippen LogP contribution in [0.2, 0.25) is 0 Å². The number of fused-ring (bicyclic) bond motifs is 1. The summed E-state index contributed by atoms with van der Waals surface area (Å²) < 4.78 is 21.2. The molecular formula is C23H20FN3O2. The highest BCUT2D eigenvalue weighted by molar-refractivity contribution is 6.04. The summed E-state index contributed by atoms with van der Waals surface area (Å²) in [5.74, 6) is -0.166. The monoisotopic (exact) mass is 389 g/mol. The fraction of sp³-hybridized carbons (Fsp3) is 0.130. The van der Waals surface area contributed by atoms with Crippen LogP contribution in [-0.4, -0.2) is 15.3 Å². The van der Waals surface area contributed by atoms with E-state index in [4.69, 9.17) is 4.74 Å². The van der Waals surface area contributed by atoms with E-state index >= 15 is 0 Å². The van der Waals surface area contributed by atoms with E-state index < -0.39 is 5.82 Å². The second-order valence-electron chi connectivity index (χ2n) is 6.88. The number of pyridine rings is 1. The van der Waals surface area contributed by atoms with E-state index in [9.17, 15) is 9.18 Å². The molecule has 0 saturated heterocycles. The second kappa shape index (κ2) is 7.75. The highest BCUT2D eigenvalue weighted by Gasteiger charge is 2.10. The molecule has 0 saturated carbocycles. The molecule has 2 heterocycles. The van der Waals surface area contributed by atoms with Gasteiger partial charge in [0.1, 0.15) is 23.8 Å². The lowest BCUT2D eigenvalue weighted by atomic mass is 10.1. The minimum absolute atomic E-state index is 0.287. The lowest BCUT2D eigenvalue weighted by molar-refractivity contribution is 0.102. The molecule has 0 radical (unpaired) electrons. The number of carbonyl (C=O) groups is 1. The number of rotatable bonds is 5. The number of benzene rings is 2.